The van der Waals surface area contributed by atoms with Crippen LogP contribution in [0.25, 0.3) is 11.4 Å². The second kappa shape index (κ2) is 4.65. The van der Waals surface area contributed by atoms with Crippen LogP contribution in [-0.4, -0.2) is 28.8 Å². The number of alkyl halides is 2. The van der Waals surface area contributed by atoms with Crippen molar-refractivity contribution in [1.82, 2.24) is 14.5 Å². The average molecular weight is 233 g/mol. The molecule has 2 radical (unpaired) electrons. The van der Waals surface area contributed by atoms with Gasteiger partial charge in [-0.05, 0) is 24.6 Å². The van der Waals surface area contributed by atoms with Gasteiger partial charge in [0.1, 0.15) is 7.85 Å². The Labute approximate surface area is 98.9 Å². The molecule has 17 heavy (non-hydrogen) atoms. The molecule has 0 fully saturated rings. The van der Waals surface area contributed by atoms with E-state index >= 15 is 0 Å². The Morgan fingerprint density at radius 2 is 2.18 bits per heavy atom. The first-order valence-electron chi connectivity index (χ1n) is 5.10. The lowest BCUT2D eigenvalue weighted by molar-refractivity contribution is 0.127. The lowest BCUT2D eigenvalue weighted by Gasteiger charge is -2.05. The average Bonchev–Trinajstić information content (AvgIpc) is 2.60. The van der Waals surface area contributed by atoms with Crippen LogP contribution >= 0.6 is 0 Å². The summed E-state index contributed by atoms with van der Waals surface area (Å²) >= 11 is 0. The van der Waals surface area contributed by atoms with E-state index in [9.17, 15) is 8.78 Å². The zero-order valence-electron chi connectivity index (χ0n) is 9.27. The van der Waals surface area contributed by atoms with Crippen LogP contribution in [0.5, 0.6) is 0 Å². The molecule has 0 atom stereocenters. The molecule has 86 valence electrons. The summed E-state index contributed by atoms with van der Waals surface area (Å²) < 4.78 is 25.7. The van der Waals surface area contributed by atoms with Gasteiger partial charge in [-0.2, -0.15) is 0 Å². The van der Waals surface area contributed by atoms with Crippen LogP contribution < -0.4 is 5.59 Å². The first-order chi connectivity index (χ1) is 8.08. The summed E-state index contributed by atoms with van der Waals surface area (Å²) in [4.78, 5) is 8.28. The molecule has 2 heterocycles. The van der Waals surface area contributed by atoms with Gasteiger partial charge in [-0.25, -0.2) is 13.8 Å². The van der Waals surface area contributed by atoms with Crippen molar-refractivity contribution >= 4 is 13.4 Å². The zero-order valence-corrected chi connectivity index (χ0v) is 9.27. The highest BCUT2D eigenvalue weighted by Gasteiger charge is 2.12. The van der Waals surface area contributed by atoms with E-state index in [0.29, 0.717) is 11.4 Å². The van der Waals surface area contributed by atoms with Crippen LogP contribution in [0.1, 0.15) is 5.69 Å². The number of halogens is 2. The van der Waals surface area contributed by atoms with Crippen molar-refractivity contribution in [3.63, 3.8) is 0 Å². The highest BCUT2D eigenvalue weighted by atomic mass is 19.3. The largest absolute Gasteiger partial charge is 0.338 e. The van der Waals surface area contributed by atoms with E-state index in [1.807, 2.05) is 19.1 Å². The van der Waals surface area contributed by atoms with Gasteiger partial charge in [0.2, 0.25) is 0 Å². The van der Waals surface area contributed by atoms with Crippen LogP contribution in [0.2, 0.25) is 0 Å². The van der Waals surface area contributed by atoms with Gasteiger partial charge in [0.25, 0.3) is 6.43 Å². The molecule has 0 aliphatic rings. The maximum absolute atomic E-state index is 12.3. The molecule has 2 aromatic rings. The number of aryl methyl sites for hydroxylation is 1. The van der Waals surface area contributed by atoms with E-state index in [2.05, 4.69) is 9.97 Å². The summed E-state index contributed by atoms with van der Waals surface area (Å²) in [7, 11) is 5.76. The van der Waals surface area contributed by atoms with Crippen molar-refractivity contribution < 1.29 is 8.78 Å². The second-order valence-electron chi connectivity index (χ2n) is 3.69. The van der Waals surface area contributed by atoms with Crippen LogP contribution in [0.4, 0.5) is 8.78 Å². The lowest BCUT2D eigenvalue weighted by atomic mass is 9.99. The van der Waals surface area contributed by atoms with E-state index < -0.39 is 13.0 Å². The number of aromatic nitrogens is 3. The third-order valence-electron chi connectivity index (χ3n) is 2.34. The summed E-state index contributed by atoms with van der Waals surface area (Å²) in [6.07, 6.45) is -1.15. The Balaban J connectivity index is 2.37. The molecule has 3 nitrogen and oxygen atoms in total. The molecule has 2 rings (SSSR count). The van der Waals surface area contributed by atoms with E-state index in [4.69, 9.17) is 7.85 Å². The number of imidazole rings is 1. The monoisotopic (exact) mass is 233 g/mol. The number of pyridine rings is 1. The molecule has 0 N–H and O–H groups in total. The van der Waals surface area contributed by atoms with Crippen molar-refractivity contribution in [1.29, 1.82) is 0 Å². The Morgan fingerprint density at radius 3 is 2.82 bits per heavy atom. The van der Waals surface area contributed by atoms with E-state index in [-0.39, 0.29) is 5.59 Å². The van der Waals surface area contributed by atoms with Crippen LogP contribution in [0, 0.1) is 6.92 Å². The molecule has 0 saturated heterocycles. The molecular formula is C11H10BF2N3. The van der Waals surface area contributed by atoms with Crippen LogP contribution in [0.15, 0.2) is 24.5 Å². The van der Waals surface area contributed by atoms with Crippen molar-refractivity contribution in [2.24, 2.45) is 0 Å². The van der Waals surface area contributed by atoms with Gasteiger partial charge in [0, 0.05) is 5.69 Å². The maximum atomic E-state index is 12.3. The molecule has 2 aromatic heterocycles. The number of hydrogen-bond donors (Lipinski definition) is 0. The Morgan fingerprint density at radius 1 is 1.41 bits per heavy atom. The Bertz CT molecular complexity index is 525. The molecule has 0 saturated carbocycles. The van der Waals surface area contributed by atoms with E-state index in [1.165, 1.54) is 10.9 Å². The summed E-state index contributed by atoms with van der Waals surface area (Å²) in [5, 5.41) is 0. The molecule has 0 unspecified atom stereocenters. The molecule has 0 aliphatic carbocycles. The predicted molar refractivity (Wildman–Crippen MR) is 61.6 cm³/mol. The summed E-state index contributed by atoms with van der Waals surface area (Å²) in [5.41, 5.74) is 2.07. The molecule has 0 amide bonds. The highest BCUT2D eigenvalue weighted by Crippen LogP contribution is 2.12. The minimum Gasteiger partial charge on any atom is -0.338 e. The second-order valence-corrected chi connectivity index (χ2v) is 3.69. The molecule has 0 aromatic carbocycles. The topological polar surface area (TPSA) is 30.7 Å². The fraction of sp³-hybridized carbons (Fsp3) is 0.273. The van der Waals surface area contributed by atoms with Crippen molar-refractivity contribution in [2.75, 3.05) is 0 Å². The van der Waals surface area contributed by atoms with Crippen molar-refractivity contribution in [3.8, 4) is 11.4 Å². The maximum Gasteiger partial charge on any atom is 0.256 e. The van der Waals surface area contributed by atoms with Gasteiger partial charge in [-0.15, -0.1) is 0 Å². The minimum atomic E-state index is -2.45. The molecule has 6 heteroatoms. The standard InChI is InChI=1S/C11H10BF2N3/c1-7-3-2-4-8(16-7)10-11(12)17(6-15-10)5-9(13)14/h2-4,6,9H,5H2,1H3. The zero-order chi connectivity index (χ0) is 12.4. The number of rotatable bonds is 3. The summed E-state index contributed by atoms with van der Waals surface area (Å²) in [5.74, 6) is 0. The number of hydrogen-bond acceptors (Lipinski definition) is 2. The van der Waals surface area contributed by atoms with Gasteiger partial charge in [0.05, 0.1) is 24.3 Å². The van der Waals surface area contributed by atoms with Crippen molar-refractivity contribution in [3.05, 3.63) is 30.2 Å². The van der Waals surface area contributed by atoms with Crippen LogP contribution in [-0.2, 0) is 6.54 Å². The lowest BCUT2D eigenvalue weighted by Crippen LogP contribution is -2.21. The van der Waals surface area contributed by atoms with E-state index in [1.54, 1.807) is 6.07 Å². The quantitative estimate of drug-likeness (QED) is 0.748. The predicted octanol–water partition coefficient (Wildman–Crippen LogP) is 1.31. The first kappa shape index (κ1) is 11.8. The van der Waals surface area contributed by atoms with Crippen molar-refractivity contribution in [2.45, 2.75) is 19.9 Å². The fourth-order valence-electron chi connectivity index (χ4n) is 1.56. The smallest absolute Gasteiger partial charge is 0.256 e. The Hall–Kier alpha value is -1.72. The third kappa shape index (κ3) is 2.51. The summed E-state index contributed by atoms with van der Waals surface area (Å²) in [6.45, 7) is 1.39. The SMILES string of the molecule is [B]c1c(-c2cccc(C)n2)ncn1CC(F)F. The van der Waals surface area contributed by atoms with Gasteiger partial charge in [-0.3, -0.25) is 4.98 Å². The molecular weight excluding hydrogens is 223 g/mol. The van der Waals surface area contributed by atoms with Crippen LogP contribution in [0.3, 0.4) is 0 Å². The first-order valence-corrected chi connectivity index (χ1v) is 5.10. The summed E-state index contributed by atoms with van der Waals surface area (Å²) in [6, 6.07) is 5.41. The number of nitrogens with zero attached hydrogens (tertiary/aromatic N) is 3. The molecule has 0 spiro atoms. The van der Waals surface area contributed by atoms with Gasteiger partial charge < -0.3 is 4.57 Å². The van der Waals surface area contributed by atoms with Gasteiger partial charge in [0.15, 0.2) is 0 Å². The van der Waals surface area contributed by atoms with Gasteiger partial charge in [-0.1, -0.05) is 6.07 Å². The highest BCUT2D eigenvalue weighted by molar-refractivity contribution is 6.34. The minimum absolute atomic E-state index is 0.211. The Kier molecular flexibility index (Phi) is 3.22. The van der Waals surface area contributed by atoms with E-state index in [0.717, 1.165) is 5.69 Å². The fourth-order valence-corrected chi connectivity index (χ4v) is 1.56. The molecule has 0 aliphatic heterocycles. The van der Waals surface area contributed by atoms with Gasteiger partial charge >= 0.3 is 0 Å². The third-order valence-corrected chi connectivity index (χ3v) is 2.34. The molecule has 0 bridgehead atoms. The normalized spacial score (nSPS) is 11.1.